The maximum absolute atomic E-state index is 12.9. The highest BCUT2D eigenvalue weighted by molar-refractivity contribution is 7.89. The number of ether oxygens (including phenoxy) is 4. The van der Waals surface area contributed by atoms with E-state index in [2.05, 4.69) is 10.0 Å². The summed E-state index contributed by atoms with van der Waals surface area (Å²) in [6, 6.07) is 16.0. The number of carbonyl (C=O) groups is 1. The quantitative estimate of drug-likeness (QED) is 0.465. The lowest BCUT2D eigenvalue weighted by molar-refractivity contribution is 0.0939. The largest absolute Gasteiger partial charge is 0.497 e. The Morgan fingerprint density at radius 2 is 1.80 bits per heavy atom. The standard InChI is InChI=1S/C25H26N2O7S/c1-16(21-13-19(31-2)8-10-22(21)32-3)27-25(28)18-5-4-6-20(12-18)35(29,30)26-14-17-7-9-23-24(11-17)34-15-33-23/h4-13,16,26H,14-15H2,1-3H3,(H,27,28)/t16-/m0/s1. The van der Waals surface area contributed by atoms with E-state index in [1.807, 2.05) is 6.92 Å². The normalized spacial score (nSPS) is 13.2. The molecule has 1 aliphatic rings. The first-order valence-electron chi connectivity index (χ1n) is 10.8. The Hall–Kier alpha value is -3.76. The minimum atomic E-state index is -3.87. The van der Waals surface area contributed by atoms with Crippen LogP contribution in [0.5, 0.6) is 23.0 Å². The average molecular weight is 499 g/mol. The molecule has 0 bridgehead atoms. The number of hydrogen-bond acceptors (Lipinski definition) is 7. The van der Waals surface area contributed by atoms with E-state index >= 15 is 0 Å². The van der Waals surface area contributed by atoms with Crippen LogP contribution in [0.2, 0.25) is 0 Å². The summed E-state index contributed by atoms with van der Waals surface area (Å²) in [4.78, 5) is 12.9. The number of carbonyl (C=O) groups excluding carboxylic acids is 1. The number of rotatable bonds is 9. The third kappa shape index (κ3) is 5.50. The van der Waals surface area contributed by atoms with E-state index in [0.29, 0.717) is 28.6 Å². The number of fused-ring (bicyclic) bond motifs is 1. The zero-order chi connectivity index (χ0) is 25.0. The predicted octanol–water partition coefficient (Wildman–Crippen LogP) is 3.40. The maximum Gasteiger partial charge on any atom is 0.251 e. The van der Waals surface area contributed by atoms with Gasteiger partial charge < -0.3 is 24.3 Å². The van der Waals surface area contributed by atoms with E-state index < -0.39 is 22.0 Å². The summed E-state index contributed by atoms with van der Waals surface area (Å²) in [5.41, 5.74) is 1.66. The van der Waals surface area contributed by atoms with Crippen molar-refractivity contribution in [2.24, 2.45) is 0 Å². The SMILES string of the molecule is COc1ccc(OC)c([C@H](C)NC(=O)c2cccc(S(=O)(=O)NCc3ccc4c(c3)OCO4)c2)c1. The van der Waals surface area contributed by atoms with Crippen LogP contribution in [-0.2, 0) is 16.6 Å². The van der Waals surface area contributed by atoms with E-state index in [9.17, 15) is 13.2 Å². The highest BCUT2D eigenvalue weighted by Crippen LogP contribution is 2.32. The molecule has 1 heterocycles. The van der Waals surface area contributed by atoms with Crippen molar-refractivity contribution in [1.29, 1.82) is 0 Å². The van der Waals surface area contributed by atoms with Crippen LogP contribution in [0.3, 0.4) is 0 Å². The van der Waals surface area contributed by atoms with Gasteiger partial charge in [0.1, 0.15) is 11.5 Å². The molecule has 2 N–H and O–H groups in total. The van der Waals surface area contributed by atoms with Gasteiger partial charge in [-0.1, -0.05) is 12.1 Å². The fourth-order valence-corrected chi connectivity index (χ4v) is 4.72. The minimum Gasteiger partial charge on any atom is -0.497 e. The molecule has 0 fully saturated rings. The van der Waals surface area contributed by atoms with Gasteiger partial charge in [-0.15, -0.1) is 0 Å². The summed E-state index contributed by atoms with van der Waals surface area (Å²) in [6.45, 7) is 2.01. The van der Waals surface area contributed by atoms with Gasteiger partial charge in [0.05, 0.1) is 25.2 Å². The Labute approximate surface area is 204 Å². The lowest BCUT2D eigenvalue weighted by atomic mass is 10.1. The van der Waals surface area contributed by atoms with Gasteiger partial charge in [0.25, 0.3) is 5.91 Å². The Balaban J connectivity index is 1.46. The topological polar surface area (TPSA) is 112 Å². The molecule has 1 amide bonds. The molecule has 0 radical (unpaired) electrons. The van der Waals surface area contributed by atoms with Gasteiger partial charge in [-0.2, -0.15) is 0 Å². The molecule has 1 aliphatic heterocycles. The summed E-state index contributed by atoms with van der Waals surface area (Å²) < 4.78 is 49.6. The molecule has 9 nitrogen and oxygen atoms in total. The lowest BCUT2D eigenvalue weighted by Crippen LogP contribution is -2.28. The molecule has 4 rings (SSSR count). The number of sulfonamides is 1. The highest BCUT2D eigenvalue weighted by Gasteiger charge is 2.20. The van der Waals surface area contributed by atoms with E-state index in [-0.39, 0.29) is 23.8 Å². The fraction of sp³-hybridized carbons (Fsp3) is 0.240. The van der Waals surface area contributed by atoms with Crippen molar-refractivity contribution in [3.05, 3.63) is 77.4 Å². The van der Waals surface area contributed by atoms with Crippen LogP contribution >= 0.6 is 0 Å². The fourth-order valence-electron chi connectivity index (χ4n) is 3.65. The molecule has 0 aliphatic carbocycles. The second-order valence-corrected chi connectivity index (χ2v) is 9.61. The molecule has 0 saturated heterocycles. The van der Waals surface area contributed by atoms with Crippen LogP contribution in [0.4, 0.5) is 0 Å². The maximum atomic E-state index is 12.9. The van der Waals surface area contributed by atoms with Crippen LogP contribution in [0, 0.1) is 0 Å². The number of benzene rings is 3. The van der Waals surface area contributed by atoms with Crippen molar-refractivity contribution in [1.82, 2.24) is 10.0 Å². The second kappa shape index (κ2) is 10.2. The van der Waals surface area contributed by atoms with E-state index in [0.717, 1.165) is 5.56 Å². The average Bonchev–Trinajstić information content (AvgIpc) is 3.35. The van der Waals surface area contributed by atoms with Crippen molar-refractivity contribution in [3.63, 3.8) is 0 Å². The van der Waals surface area contributed by atoms with Gasteiger partial charge in [0.15, 0.2) is 11.5 Å². The molecule has 0 aromatic heterocycles. The molecular formula is C25H26N2O7S. The first-order chi connectivity index (χ1) is 16.8. The summed E-state index contributed by atoms with van der Waals surface area (Å²) in [5, 5.41) is 2.88. The number of nitrogens with one attached hydrogen (secondary N) is 2. The third-order valence-corrected chi connectivity index (χ3v) is 6.96. The van der Waals surface area contributed by atoms with Gasteiger partial charge >= 0.3 is 0 Å². The minimum absolute atomic E-state index is 0.0162. The van der Waals surface area contributed by atoms with E-state index in [4.69, 9.17) is 18.9 Å². The summed E-state index contributed by atoms with van der Waals surface area (Å²) >= 11 is 0. The van der Waals surface area contributed by atoms with Gasteiger partial charge in [-0.05, 0) is 61.0 Å². The second-order valence-electron chi connectivity index (χ2n) is 7.84. The summed E-state index contributed by atoms with van der Waals surface area (Å²) in [6.07, 6.45) is 0. The summed E-state index contributed by atoms with van der Waals surface area (Å²) in [7, 11) is -0.764. The highest BCUT2D eigenvalue weighted by atomic mass is 32.2. The number of methoxy groups -OCH3 is 2. The van der Waals surface area contributed by atoms with Crippen LogP contribution in [-0.4, -0.2) is 35.3 Å². The van der Waals surface area contributed by atoms with Crippen LogP contribution in [0.1, 0.15) is 34.5 Å². The van der Waals surface area contributed by atoms with Gasteiger partial charge in [0, 0.05) is 17.7 Å². The molecule has 10 heteroatoms. The Kier molecular flexibility index (Phi) is 7.13. The van der Waals surface area contributed by atoms with Crippen LogP contribution in [0.15, 0.2) is 65.6 Å². The van der Waals surface area contributed by atoms with Crippen LogP contribution < -0.4 is 29.0 Å². The monoisotopic (exact) mass is 498 g/mol. The molecule has 3 aromatic rings. The molecular weight excluding hydrogens is 472 g/mol. The zero-order valence-corrected chi connectivity index (χ0v) is 20.3. The molecule has 35 heavy (non-hydrogen) atoms. The molecule has 184 valence electrons. The molecule has 0 unspecified atom stereocenters. The molecule has 3 aromatic carbocycles. The first-order valence-corrected chi connectivity index (χ1v) is 12.3. The lowest BCUT2D eigenvalue weighted by Gasteiger charge is -2.18. The van der Waals surface area contributed by atoms with Gasteiger partial charge in [-0.3, -0.25) is 4.79 Å². The van der Waals surface area contributed by atoms with Crippen molar-refractivity contribution >= 4 is 15.9 Å². The smallest absolute Gasteiger partial charge is 0.251 e. The van der Waals surface area contributed by atoms with E-state index in [1.54, 1.807) is 56.7 Å². The Morgan fingerprint density at radius 1 is 1.00 bits per heavy atom. The Morgan fingerprint density at radius 3 is 2.57 bits per heavy atom. The zero-order valence-electron chi connectivity index (χ0n) is 19.5. The number of amides is 1. The van der Waals surface area contributed by atoms with Crippen molar-refractivity contribution in [3.8, 4) is 23.0 Å². The predicted molar refractivity (Wildman–Crippen MR) is 128 cm³/mol. The molecule has 0 saturated carbocycles. The van der Waals surface area contributed by atoms with Crippen LogP contribution in [0.25, 0.3) is 0 Å². The molecule has 1 atom stereocenters. The van der Waals surface area contributed by atoms with Gasteiger partial charge in [0.2, 0.25) is 16.8 Å². The third-order valence-electron chi connectivity index (χ3n) is 5.56. The van der Waals surface area contributed by atoms with Crippen molar-refractivity contribution in [2.45, 2.75) is 24.4 Å². The van der Waals surface area contributed by atoms with Gasteiger partial charge in [-0.25, -0.2) is 13.1 Å². The van der Waals surface area contributed by atoms with E-state index in [1.165, 1.54) is 18.2 Å². The van der Waals surface area contributed by atoms with Crippen molar-refractivity contribution < 1.29 is 32.2 Å². The summed E-state index contributed by atoms with van der Waals surface area (Å²) in [5.74, 6) is 2.00. The van der Waals surface area contributed by atoms with Crippen molar-refractivity contribution in [2.75, 3.05) is 21.0 Å². The first kappa shape index (κ1) is 24.4. The Bertz CT molecular complexity index is 1340. The number of hydrogen-bond donors (Lipinski definition) is 2. The molecule has 0 spiro atoms.